The van der Waals surface area contributed by atoms with Gasteiger partial charge in [-0.1, -0.05) is 31.0 Å². The Kier molecular flexibility index (Phi) is 7.16. The van der Waals surface area contributed by atoms with Gasteiger partial charge in [-0.15, -0.1) is 0 Å². The van der Waals surface area contributed by atoms with Gasteiger partial charge >= 0.3 is 0 Å². The molecule has 9 heteroatoms. The largest absolute Gasteiger partial charge is 0.264 e. The molecule has 142 valence electrons. The van der Waals surface area contributed by atoms with E-state index in [2.05, 4.69) is 9.71 Å². The number of rotatable bonds is 9. The minimum atomic E-state index is -3.84. The summed E-state index contributed by atoms with van der Waals surface area (Å²) in [5, 5.41) is -0.670. The summed E-state index contributed by atoms with van der Waals surface area (Å²) < 4.78 is 52.7. The van der Waals surface area contributed by atoms with Crippen molar-refractivity contribution in [2.75, 3.05) is 12.3 Å². The van der Waals surface area contributed by atoms with Gasteiger partial charge in [0.2, 0.25) is 10.0 Å². The van der Waals surface area contributed by atoms with Gasteiger partial charge < -0.3 is 0 Å². The second-order valence-corrected chi connectivity index (χ2v) is 10.3. The van der Waals surface area contributed by atoms with E-state index in [0.717, 1.165) is 6.42 Å². The van der Waals surface area contributed by atoms with Crippen LogP contribution in [0.2, 0.25) is 5.02 Å². The second kappa shape index (κ2) is 8.94. The predicted molar refractivity (Wildman–Crippen MR) is 102 cm³/mol. The van der Waals surface area contributed by atoms with E-state index >= 15 is 0 Å². The highest BCUT2D eigenvalue weighted by Gasteiger charge is 2.30. The minimum absolute atomic E-state index is 0.0374. The average molecular weight is 417 g/mol. The molecule has 0 aliphatic rings. The van der Waals surface area contributed by atoms with E-state index in [1.807, 2.05) is 6.92 Å². The lowest BCUT2D eigenvalue weighted by Crippen LogP contribution is -2.33. The Hall–Kier alpha value is -1.48. The molecule has 2 aromatic rings. The van der Waals surface area contributed by atoms with Gasteiger partial charge in [-0.2, -0.15) is 0 Å². The average Bonchev–Trinajstić information content (AvgIpc) is 2.61. The molecule has 0 aliphatic carbocycles. The molecule has 1 heterocycles. The van der Waals surface area contributed by atoms with E-state index in [9.17, 15) is 16.8 Å². The number of hydrogen-bond donors (Lipinski definition) is 1. The number of nitrogens with zero attached hydrogens (tertiary/aromatic N) is 1. The molecule has 0 bridgehead atoms. The topological polar surface area (TPSA) is 93.2 Å². The quantitative estimate of drug-likeness (QED) is 0.678. The summed E-state index contributed by atoms with van der Waals surface area (Å²) >= 11 is 5.83. The summed E-state index contributed by atoms with van der Waals surface area (Å²) in [7, 11) is -7.39. The first kappa shape index (κ1) is 20.8. The van der Waals surface area contributed by atoms with Crippen LogP contribution in [0.5, 0.6) is 0 Å². The van der Waals surface area contributed by atoms with E-state index < -0.39 is 25.1 Å². The Bertz CT molecular complexity index is 915. The molecule has 1 unspecified atom stereocenters. The minimum Gasteiger partial charge on any atom is -0.264 e. The highest BCUT2D eigenvalue weighted by Crippen LogP contribution is 2.29. The van der Waals surface area contributed by atoms with Crippen molar-refractivity contribution in [2.24, 2.45) is 0 Å². The van der Waals surface area contributed by atoms with Crippen molar-refractivity contribution < 1.29 is 16.8 Å². The van der Waals surface area contributed by atoms with Crippen LogP contribution in [-0.4, -0.2) is 34.1 Å². The predicted octanol–water partition coefficient (Wildman–Crippen LogP) is 2.97. The maximum atomic E-state index is 13.1. The lowest BCUT2D eigenvalue weighted by molar-refractivity contribution is 0.566. The summed E-state index contributed by atoms with van der Waals surface area (Å²) in [6.07, 6.45) is 4.20. The number of nitrogens with one attached hydrogen (secondary N) is 1. The smallest absolute Gasteiger partial charge is 0.211 e. The van der Waals surface area contributed by atoms with Gasteiger partial charge in [-0.25, -0.2) is 21.6 Å². The van der Waals surface area contributed by atoms with Crippen molar-refractivity contribution in [1.82, 2.24) is 9.71 Å². The summed E-state index contributed by atoms with van der Waals surface area (Å²) in [5.41, 5.74) is 0.417. The molecule has 2 rings (SSSR count). The third kappa shape index (κ3) is 5.51. The van der Waals surface area contributed by atoms with Crippen LogP contribution in [0.1, 0.15) is 30.6 Å². The van der Waals surface area contributed by atoms with Crippen LogP contribution >= 0.6 is 11.6 Å². The van der Waals surface area contributed by atoms with Crippen LogP contribution in [-0.2, 0) is 19.9 Å². The zero-order valence-corrected chi connectivity index (χ0v) is 16.7. The number of sulfonamides is 1. The van der Waals surface area contributed by atoms with Crippen LogP contribution in [0.4, 0.5) is 0 Å². The fourth-order valence-electron chi connectivity index (χ4n) is 2.37. The van der Waals surface area contributed by atoms with E-state index in [0.29, 0.717) is 17.0 Å². The second-order valence-electron chi connectivity index (χ2n) is 5.79. The van der Waals surface area contributed by atoms with Crippen LogP contribution in [0, 0.1) is 0 Å². The SMILES string of the molecule is CCCCS(=O)(=O)NCC(c1cccnc1)S(=O)(=O)c1ccc(Cl)cc1. The van der Waals surface area contributed by atoms with Crippen molar-refractivity contribution >= 4 is 31.5 Å². The molecular formula is C17H21ClN2O4S2. The van der Waals surface area contributed by atoms with Gasteiger partial charge in [0.1, 0.15) is 5.25 Å². The summed E-state index contributed by atoms with van der Waals surface area (Å²) in [4.78, 5) is 4.03. The van der Waals surface area contributed by atoms with Gasteiger partial charge in [0.15, 0.2) is 9.84 Å². The first-order valence-corrected chi connectivity index (χ1v) is 11.7. The van der Waals surface area contributed by atoms with Crippen LogP contribution < -0.4 is 4.72 Å². The first-order chi connectivity index (χ1) is 12.3. The van der Waals surface area contributed by atoms with E-state index in [-0.39, 0.29) is 17.2 Å². The summed E-state index contributed by atoms with van der Waals surface area (Å²) in [6, 6.07) is 9.02. The van der Waals surface area contributed by atoms with E-state index in [1.165, 1.54) is 36.7 Å². The van der Waals surface area contributed by atoms with E-state index in [1.54, 1.807) is 12.1 Å². The van der Waals surface area contributed by atoms with Gasteiger partial charge in [-0.05, 0) is 42.3 Å². The van der Waals surface area contributed by atoms with Crippen molar-refractivity contribution in [1.29, 1.82) is 0 Å². The normalized spacial score (nSPS) is 13.5. The molecule has 0 saturated heterocycles. The summed E-state index contributed by atoms with van der Waals surface area (Å²) in [5.74, 6) is -0.0374. The third-order valence-corrected chi connectivity index (χ3v) is 7.63. The molecule has 0 aliphatic heterocycles. The number of sulfone groups is 1. The Morgan fingerprint density at radius 1 is 1.12 bits per heavy atom. The molecule has 0 spiro atoms. The third-order valence-electron chi connectivity index (χ3n) is 3.83. The number of benzene rings is 1. The molecule has 1 atom stereocenters. The monoisotopic (exact) mass is 416 g/mol. The molecule has 1 N–H and O–H groups in total. The molecule has 26 heavy (non-hydrogen) atoms. The fraction of sp³-hybridized carbons (Fsp3) is 0.353. The zero-order chi connectivity index (χ0) is 19.2. The van der Waals surface area contributed by atoms with Gasteiger partial charge in [0.05, 0.1) is 10.6 Å². The zero-order valence-electron chi connectivity index (χ0n) is 14.3. The first-order valence-electron chi connectivity index (χ1n) is 8.13. The highest BCUT2D eigenvalue weighted by molar-refractivity contribution is 7.92. The van der Waals surface area contributed by atoms with Crippen molar-refractivity contribution in [3.8, 4) is 0 Å². The molecule has 0 radical (unpaired) electrons. The molecule has 1 aromatic heterocycles. The Balaban J connectivity index is 2.34. The van der Waals surface area contributed by atoms with Crippen molar-refractivity contribution in [2.45, 2.75) is 29.9 Å². The summed E-state index contributed by atoms with van der Waals surface area (Å²) in [6.45, 7) is 1.63. The van der Waals surface area contributed by atoms with Gasteiger partial charge in [-0.3, -0.25) is 4.98 Å². The van der Waals surface area contributed by atoms with Gasteiger partial charge in [0.25, 0.3) is 0 Å². The van der Waals surface area contributed by atoms with Crippen LogP contribution in [0.3, 0.4) is 0 Å². The van der Waals surface area contributed by atoms with Crippen LogP contribution in [0.15, 0.2) is 53.7 Å². The Morgan fingerprint density at radius 2 is 1.81 bits per heavy atom. The van der Waals surface area contributed by atoms with Crippen molar-refractivity contribution in [3.63, 3.8) is 0 Å². The Labute approximate surface area is 159 Å². The highest BCUT2D eigenvalue weighted by atomic mass is 35.5. The molecule has 1 aromatic carbocycles. The van der Waals surface area contributed by atoms with Crippen LogP contribution in [0.25, 0.3) is 0 Å². The maximum absolute atomic E-state index is 13.1. The number of halogens is 1. The standard InChI is InChI=1S/C17H21ClN2O4S2/c1-2-3-11-25(21,22)20-13-17(14-5-4-10-19-12-14)26(23,24)16-8-6-15(18)7-9-16/h4-10,12,17,20H,2-3,11,13H2,1H3. The number of unbranched alkanes of at least 4 members (excludes halogenated alkanes) is 1. The van der Waals surface area contributed by atoms with E-state index in [4.69, 9.17) is 11.6 Å². The molecular weight excluding hydrogens is 396 g/mol. The lowest BCUT2D eigenvalue weighted by atomic mass is 10.2. The fourth-order valence-corrected chi connectivity index (χ4v) is 5.48. The number of pyridine rings is 1. The molecule has 6 nitrogen and oxygen atoms in total. The Morgan fingerprint density at radius 3 is 2.38 bits per heavy atom. The maximum Gasteiger partial charge on any atom is 0.211 e. The van der Waals surface area contributed by atoms with Crippen molar-refractivity contribution in [3.05, 3.63) is 59.4 Å². The lowest BCUT2D eigenvalue weighted by Gasteiger charge is -2.19. The number of hydrogen-bond acceptors (Lipinski definition) is 5. The molecule has 0 fully saturated rings. The number of aromatic nitrogens is 1. The molecule has 0 amide bonds. The van der Waals surface area contributed by atoms with Gasteiger partial charge in [0, 0.05) is 24.0 Å². The molecule has 0 saturated carbocycles.